The van der Waals surface area contributed by atoms with Crippen molar-refractivity contribution in [2.24, 2.45) is 7.05 Å². The number of allylic oxidation sites excluding steroid dienone is 1. The number of carbonyl (C=O) groups is 3. The number of ketones is 1. The Bertz CT molecular complexity index is 919. The lowest BCUT2D eigenvalue weighted by Gasteiger charge is -2.19. The van der Waals surface area contributed by atoms with Crippen molar-refractivity contribution in [3.05, 3.63) is 65.0 Å². The van der Waals surface area contributed by atoms with Gasteiger partial charge in [-0.2, -0.15) is 0 Å². The van der Waals surface area contributed by atoms with Crippen LogP contribution in [0.15, 0.2) is 42.6 Å². The number of hydrogen-bond acceptors (Lipinski definition) is 5. The van der Waals surface area contributed by atoms with Crippen LogP contribution in [0.3, 0.4) is 0 Å². The van der Waals surface area contributed by atoms with Crippen molar-refractivity contribution >= 4 is 23.7 Å². The van der Waals surface area contributed by atoms with Crippen LogP contribution in [0.4, 0.5) is 0 Å². The first-order valence-corrected chi connectivity index (χ1v) is 8.73. The fourth-order valence-electron chi connectivity index (χ4n) is 2.61. The number of amides is 1. The number of rotatable bonds is 6. The monoisotopic (exact) mass is 384 g/mol. The van der Waals surface area contributed by atoms with Gasteiger partial charge in [0.25, 0.3) is 5.91 Å². The minimum absolute atomic E-state index is 0.0838. The minimum Gasteiger partial charge on any atom is -0.460 e. The second-order valence-electron chi connectivity index (χ2n) is 7.37. The summed E-state index contributed by atoms with van der Waals surface area (Å²) in [5, 5.41) is 8.72. The van der Waals surface area contributed by atoms with Crippen molar-refractivity contribution in [2.75, 3.05) is 0 Å². The van der Waals surface area contributed by atoms with Gasteiger partial charge in [-0.1, -0.05) is 18.2 Å². The van der Waals surface area contributed by atoms with Crippen molar-refractivity contribution in [1.82, 2.24) is 10.0 Å². The predicted octanol–water partition coefficient (Wildman–Crippen LogP) is 2.92. The van der Waals surface area contributed by atoms with E-state index >= 15 is 0 Å². The lowest BCUT2D eigenvalue weighted by atomic mass is 10.0. The van der Waals surface area contributed by atoms with Crippen molar-refractivity contribution < 1.29 is 24.3 Å². The van der Waals surface area contributed by atoms with E-state index in [1.54, 1.807) is 75.9 Å². The molecule has 0 spiro atoms. The summed E-state index contributed by atoms with van der Waals surface area (Å²) >= 11 is 0. The van der Waals surface area contributed by atoms with Crippen LogP contribution in [-0.4, -0.2) is 33.0 Å². The van der Waals surface area contributed by atoms with E-state index in [2.05, 4.69) is 0 Å². The molecule has 1 amide bonds. The number of carbonyl (C=O) groups excluding carboxylic acids is 3. The second-order valence-corrected chi connectivity index (χ2v) is 7.37. The zero-order valence-electron chi connectivity index (χ0n) is 16.4. The van der Waals surface area contributed by atoms with E-state index in [0.29, 0.717) is 16.7 Å². The topological polar surface area (TPSA) is 97.6 Å². The van der Waals surface area contributed by atoms with Gasteiger partial charge in [0, 0.05) is 18.8 Å². The van der Waals surface area contributed by atoms with Crippen LogP contribution < -0.4 is 5.48 Å². The molecule has 2 aromatic rings. The summed E-state index contributed by atoms with van der Waals surface area (Å²) in [5.74, 6) is -1.22. The van der Waals surface area contributed by atoms with Crippen LogP contribution in [0.1, 0.15) is 52.7 Å². The number of nitrogens with one attached hydrogen (secondary N) is 1. The number of nitrogens with zero attached hydrogens (tertiary/aromatic N) is 1. The smallest absolute Gasteiger partial charge is 0.310 e. The molecular formula is C21H24N2O5. The molecule has 7 nitrogen and oxygen atoms in total. The van der Waals surface area contributed by atoms with E-state index < -0.39 is 11.5 Å². The molecule has 2 N–H and O–H groups in total. The van der Waals surface area contributed by atoms with E-state index in [9.17, 15) is 14.4 Å². The Morgan fingerprint density at radius 3 is 2.57 bits per heavy atom. The average Bonchev–Trinajstić information content (AvgIpc) is 2.98. The van der Waals surface area contributed by atoms with Crippen LogP contribution in [-0.2, 0) is 23.0 Å². The largest absolute Gasteiger partial charge is 0.460 e. The van der Waals surface area contributed by atoms with Gasteiger partial charge < -0.3 is 9.30 Å². The molecule has 2 rings (SSSR count). The molecular weight excluding hydrogens is 360 g/mol. The maximum absolute atomic E-state index is 12.4. The van der Waals surface area contributed by atoms with Crippen molar-refractivity contribution in [3.63, 3.8) is 0 Å². The number of hydrogen-bond donors (Lipinski definition) is 2. The quantitative estimate of drug-likeness (QED) is 0.262. The number of benzene rings is 1. The summed E-state index contributed by atoms with van der Waals surface area (Å²) in [6.45, 7) is 5.40. The Morgan fingerprint density at radius 1 is 1.21 bits per heavy atom. The van der Waals surface area contributed by atoms with E-state index in [1.807, 2.05) is 0 Å². The molecule has 0 bridgehead atoms. The van der Waals surface area contributed by atoms with Crippen LogP contribution in [0, 0.1) is 0 Å². The summed E-state index contributed by atoms with van der Waals surface area (Å²) in [7, 11) is 1.66. The first-order valence-electron chi connectivity index (χ1n) is 8.73. The maximum atomic E-state index is 12.4. The number of hydroxylamine groups is 1. The Balaban J connectivity index is 2.10. The highest BCUT2D eigenvalue weighted by atomic mass is 16.6. The zero-order chi connectivity index (χ0) is 20.9. The van der Waals surface area contributed by atoms with Crippen LogP contribution in [0.5, 0.6) is 0 Å². The third kappa shape index (κ3) is 5.92. The predicted molar refractivity (Wildman–Crippen MR) is 104 cm³/mol. The highest BCUT2D eigenvalue weighted by molar-refractivity contribution is 6.07. The molecule has 0 radical (unpaired) electrons. The van der Waals surface area contributed by atoms with Crippen molar-refractivity contribution in [1.29, 1.82) is 0 Å². The third-order valence-electron chi connectivity index (χ3n) is 3.77. The normalized spacial score (nSPS) is 11.5. The minimum atomic E-state index is -0.636. The average molecular weight is 384 g/mol. The van der Waals surface area contributed by atoms with Gasteiger partial charge >= 0.3 is 5.97 Å². The van der Waals surface area contributed by atoms with Gasteiger partial charge in [0.05, 0.1) is 6.42 Å². The molecule has 1 aromatic heterocycles. The highest BCUT2D eigenvalue weighted by Crippen LogP contribution is 2.14. The van der Waals surface area contributed by atoms with Gasteiger partial charge in [0.2, 0.25) is 0 Å². The van der Waals surface area contributed by atoms with Gasteiger partial charge in [-0.3, -0.25) is 19.6 Å². The molecule has 7 heteroatoms. The van der Waals surface area contributed by atoms with Crippen molar-refractivity contribution in [2.45, 2.75) is 32.8 Å². The number of ether oxygens (including phenoxy) is 1. The molecule has 0 saturated carbocycles. The Morgan fingerprint density at radius 2 is 1.93 bits per heavy atom. The van der Waals surface area contributed by atoms with E-state index in [4.69, 9.17) is 9.94 Å². The van der Waals surface area contributed by atoms with E-state index in [0.717, 1.165) is 0 Å². The number of esters is 1. The Labute approximate surface area is 163 Å². The van der Waals surface area contributed by atoms with Crippen LogP contribution in [0.2, 0.25) is 0 Å². The second kappa shape index (κ2) is 8.67. The molecule has 0 aliphatic rings. The third-order valence-corrected chi connectivity index (χ3v) is 3.77. The van der Waals surface area contributed by atoms with Gasteiger partial charge in [-0.15, -0.1) is 0 Å². The summed E-state index contributed by atoms with van der Waals surface area (Å²) < 4.78 is 6.84. The number of aromatic nitrogens is 1. The lowest BCUT2D eigenvalue weighted by molar-refractivity contribution is -0.153. The molecule has 0 atom stereocenters. The fourth-order valence-corrected chi connectivity index (χ4v) is 2.61. The molecule has 0 aliphatic carbocycles. The first kappa shape index (κ1) is 21.1. The first-order chi connectivity index (χ1) is 13.1. The number of aryl methyl sites for hydroxylation is 1. The summed E-state index contributed by atoms with van der Waals surface area (Å²) in [5.41, 5.74) is 3.04. The fraction of sp³-hybridized carbons (Fsp3) is 0.286. The van der Waals surface area contributed by atoms with Crippen LogP contribution >= 0.6 is 0 Å². The van der Waals surface area contributed by atoms with Gasteiger partial charge in [0.15, 0.2) is 5.78 Å². The zero-order valence-corrected chi connectivity index (χ0v) is 16.4. The Hall–Kier alpha value is -3.19. The molecule has 1 aromatic carbocycles. The molecule has 28 heavy (non-hydrogen) atoms. The Kier molecular flexibility index (Phi) is 6.53. The maximum Gasteiger partial charge on any atom is 0.310 e. The van der Waals surface area contributed by atoms with Gasteiger partial charge in [-0.05, 0) is 56.2 Å². The van der Waals surface area contributed by atoms with Gasteiger partial charge in [0.1, 0.15) is 11.3 Å². The van der Waals surface area contributed by atoms with Crippen LogP contribution in [0.25, 0.3) is 6.08 Å². The van der Waals surface area contributed by atoms with Gasteiger partial charge in [-0.25, -0.2) is 5.48 Å². The lowest BCUT2D eigenvalue weighted by Crippen LogP contribution is -2.24. The molecule has 0 aliphatic heterocycles. The molecule has 1 heterocycles. The SMILES string of the molecule is Cn1cc(/C=C/C(=O)c2cccc(CC(=O)OC(C)(C)C)c2)cc1C(=O)NO. The molecule has 0 unspecified atom stereocenters. The highest BCUT2D eigenvalue weighted by Gasteiger charge is 2.17. The van der Waals surface area contributed by atoms with Crippen molar-refractivity contribution in [3.8, 4) is 0 Å². The summed E-state index contributed by atoms with van der Waals surface area (Å²) in [6.07, 6.45) is 4.72. The molecule has 0 saturated heterocycles. The summed E-state index contributed by atoms with van der Waals surface area (Å²) in [4.78, 5) is 35.9. The standard InChI is InChI=1S/C21H24N2O5/c1-21(2,3)28-19(25)12-14-6-5-7-16(10-14)18(24)9-8-15-11-17(20(26)22-27)23(4)13-15/h5-11,13,27H,12H2,1-4H3,(H,22,26)/b9-8+. The molecule has 148 valence electrons. The molecule has 0 fully saturated rings. The van der Waals surface area contributed by atoms with E-state index in [-0.39, 0.29) is 23.9 Å². The summed E-state index contributed by atoms with van der Waals surface area (Å²) in [6, 6.07) is 8.36. The van der Waals surface area contributed by atoms with E-state index in [1.165, 1.54) is 10.6 Å².